The molecule has 2 aromatic carbocycles. The van der Waals surface area contributed by atoms with Gasteiger partial charge < -0.3 is 14.8 Å². The van der Waals surface area contributed by atoms with Gasteiger partial charge in [0.05, 0.1) is 19.4 Å². The summed E-state index contributed by atoms with van der Waals surface area (Å²) in [5, 5.41) is 3.08. The highest BCUT2D eigenvalue weighted by molar-refractivity contribution is 5.47. The maximum absolute atomic E-state index is 13.5. The van der Waals surface area contributed by atoms with E-state index in [0.29, 0.717) is 30.3 Å². The normalized spacial score (nSPS) is 10.2. The molecule has 0 aliphatic carbocycles. The van der Waals surface area contributed by atoms with E-state index in [9.17, 15) is 4.39 Å². The van der Waals surface area contributed by atoms with Gasteiger partial charge in [0, 0.05) is 6.54 Å². The quantitative estimate of drug-likeness (QED) is 0.827. The maximum Gasteiger partial charge on any atom is 0.161 e. The number of hydrogen-bond acceptors (Lipinski definition) is 3. The zero-order chi connectivity index (χ0) is 15.1. The van der Waals surface area contributed by atoms with Crippen molar-refractivity contribution in [2.75, 3.05) is 19.0 Å². The van der Waals surface area contributed by atoms with Crippen molar-refractivity contribution in [3.63, 3.8) is 0 Å². The molecule has 21 heavy (non-hydrogen) atoms. The zero-order valence-corrected chi connectivity index (χ0v) is 12.4. The molecular formula is C17H20FNO2. The van der Waals surface area contributed by atoms with Crippen LogP contribution >= 0.6 is 0 Å². The van der Waals surface area contributed by atoms with Crippen molar-refractivity contribution >= 4 is 5.69 Å². The van der Waals surface area contributed by atoms with E-state index >= 15 is 0 Å². The molecular weight excluding hydrogens is 269 g/mol. The Labute approximate surface area is 124 Å². The van der Waals surface area contributed by atoms with Crippen LogP contribution in [0.15, 0.2) is 42.5 Å². The van der Waals surface area contributed by atoms with Crippen molar-refractivity contribution in [2.45, 2.75) is 19.9 Å². The lowest BCUT2D eigenvalue weighted by molar-refractivity contribution is 0.294. The van der Waals surface area contributed by atoms with Crippen LogP contribution in [0.1, 0.15) is 18.9 Å². The van der Waals surface area contributed by atoms with Gasteiger partial charge in [-0.1, -0.05) is 25.1 Å². The predicted molar refractivity (Wildman–Crippen MR) is 82.5 cm³/mol. The molecule has 2 aromatic rings. The van der Waals surface area contributed by atoms with Crippen molar-refractivity contribution in [1.82, 2.24) is 0 Å². The van der Waals surface area contributed by atoms with E-state index in [1.165, 1.54) is 6.07 Å². The minimum atomic E-state index is -0.256. The van der Waals surface area contributed by atoms with Crippen molar-refractivity contribution in [3.05, 3.63) is 53.8 Å². The first kappa shape index (κ1) is 15.2. The minimum Gasteiger partial charge on any atom is -0.493 e. The van der Waals surface area contributed by atoms with Gasteiger partial charge in [0.25, 0.3) is 0 Å². The van der Waals surface area contributed by atoms with Crippen LogP contribution in [0.3, 0.4) is 0 Å². The second-order valence-electron chi connectivity index (χ2n) is 4.67. The van der Waals surface area contributed by atoms with Crippen molar-refractivity contribution in [3.8, 4) is 11.5 Å². The van der Waals surface area contributed by atoms with Crippen LogP contribution in [0.4, 0.5) is 10.1 Å². The van der Waals surface area contributed by atoms with Gasteiger partial charge in [0.2, 0.25) is 0 Å². The van der Waals surface area contributed by atoms with Crippen LogP contribution in [0.5, 0.6) is 11.5 Å². The van der Waals surface area contributed by atoms with Crippen LogP contribution < -0.4 is 14.8 Å². The Bertz CT molecular complexity index is 587. The minimum absolute atomic E-state index is 0.256. The topological polar surface area (TPSA) is 30.5 Å². The van der Waals surface area contributed by atoms with E-state index in [1.807, 2.05) is 18.2 Å². The fraction of sp³-hybridized carbons (Fsp3) is 0.294. The van der Waals surface area contributed by atoms with E-state index in [2.05, 4.69) is 12.2 Å². The summed E-state index contributed by atoms with van der Waals surface area (Å²) in [5.41, 5.74) is 1.49. The molecule has 3 nitrogen and oxygen atoms in total. The molecule has 0 aliphatic rings. The summed E-state index contributed by atoms with van der Waals surface area (Å²) >= 11 is 0. The number of ether oxygens (including phenoxy) is 2. The number of hydrogen-bond donors (Lipinski definition) is 1. The first-order chi connectivity index (χ1) is 10.2. The Kier molecular flexibility index (Phi) is 5.43. The highest BCUT2D eigenvalue weighted by atomic mass is 19.1. The van der Waals surface area contributed by atoms with Crippen LogP contribution in [-0.4, -0.2) is 13.7 Å². The number of nitrogens with one attached hydrogen (secondary N) is 1. The van der Waals surface area contributed by atoms with Crippen molar-refractivity contribution < 1.29 is 13.9 Å². The van der Waals surface area contributed by atoms with Gasteiger partial charge in [-0.15, -0.1) is 0 Å². The van der Waals surface area contributed by atoms with Gasteiger partial charge in [-0.05, 0) is 36.2 Å². The molecule has 0 unspecified atom stereocenters. The third kappa shape index (κ3) is 4.12. The molecule has 0 atom stereocenters. The lowest BCUT2D eigenvalue weighted by Crippen LogP contribution is -2.03. The third-order valence-corrected chi connectivity index (χ3v) is 3.05. The average molecular weight is 289 g/mol. The van der Waals surface area contributed by atoms with Crippen LogP contribution in [-0.2, 0) is 6.54 Å². The van der Waals surface area contributed by atoms with Gasteiger partial charge in [0.1, 0.15) is 5.82 Å². The molecule has 2 rings (SSSR count). The second-order valence-corrected chi connectivity index (χ2v) is 4.67. The Morgan fingerprint density at radius 3 is 2.62 bits per heavy atom. The van der Waals surface area contributed by atoms with Crippen molar-refractivity contribution in [1.29, 1.82) is 0 Å². The first-order valence-corrected chi connectivity index (χ1v) is 7.02. The summed E-state index contributed by atoms with van der Waals surface area (Å²) in [6.45, 7) is 3.21. The summed E-state index contributed by atoms with van der Waals surface area (Å²) in [4.78, 5) is 0. The van der Waals surface area contributed by atoms with Gasteiger partial charge >= 0.3 is 0 Å². The second kappa shape index (κ2) is 7.53. The lowest BCUT2D eigenvalue weighted by Gasteiger charge is -2.13. The van der Waals surface area contributed by atoms with E-state index in [-0.39, 0.29) is 5.82 Å². The molecule has 0 amide bonds. The molecule has 0 spiro atoms. The van der Waals surface area contributed by atoms with Gasteiger partial charge in [-0.2, -0.15) is 0 Å². The molecule has 0 saturated carbocycles. The molecule has 0 bridgehead atoms. The fourth-order valence-electron chi connectivity index (χ4n) is 1.96. The van der Waals surface area contributed by atoms with E-state index in [1.54, 1.807) is 25.3 Å². The molecule has 0 radical (unpaired) electrons. The number of halogens is 1. The fourth-order valence-corrected chi connectivity index (χ4v) is 1.96. The summed E-state index contributed by atoms with van der Waals surface area (Å²) in [6, 6.07) is 12.3. The summed E-state index contributed by atoms with van der Waals surface area (Å²) < 4.78 is 24.5. The molecule has 112 valence electrons. The molecule has 1 N–H and O–H groups in total. The highest BCUT2D eigenvalue weighted by Crippen LogP contribution is 2.28. The van der Waals surface area contributed by atoms with Gasteiger partial charge in [-0.3, -0.25) is 0 Å². The summed E-state index contributed by atoms with van der Waals surface area (Å²) in [6.07, 6.45) is 0.931. The molecule has 0 saturated heterocycles. The van der Waals surface area contributed by atoms with Crippen LogP contribution in [0.25, 0.3) is 0 Å². The van der Waals surface area contributed by atoms with Gasteiger partial charge in [0.15, 0.2) is 11.5 Å². The number of benzene rings is 2. The molecule has 0 heterocycles. The Morgan fingerprint density at radius 1 is 1.10 bits per heavy atom. The summed E-state index contributed by atoms with van der Waals surface area (Å²) in [7, 11) is 1.62. The highest BCUT2D eigenvalue weighted by Gasteiger charge is 2.06. The predicted octanol–water partition coefficient (Wildman–Crippen LogP) is 4.24. The third-order valence-electron chi connectivity index (χ3n) is 3.05. The summed E-state index contributed by atoms with van der Waals surface area (Å²) in [5.74, 6) is 1.17. The number of anilines is 1. The lowest BCUT2D eigenvalue weighted by atomic mass is 10.2. The monoisotopic (exact) mass is 289 g/mol. The van der Waals surface area contributed by atoms with E-state index in [0.717, 1.165) is 12.0 Å². The molecule has 0 aromatic heterocycles. The largest absolute Gasteiger partial charge is 0.493 e. The molecule has 0 fully saturated rings. The molecule has 0 aliphatic heterocycles. The number of methoxy groups -OCH3 is 1. The number of para-hydroxylation sites is 1. The van der Waals surface area contributed by atoms with Gasteiger partial charge in [-0.25, -0.2) is 4.39 Å². The zero-order valence-electron chi connectivity index (χ0n) is 12.4. The van der Waals surface area contributed by atoms with E-state index in [4.69, 9.17) is 9.47 Å². The Hall–Kier alpha value is -2.23. The Balaban J connectivity index is 2.08. The van der Waals surface area contributed by atoms with Crippen LogP contribution in [0.2, 0.25) is 0 Å². The standard InChI is InChI=1S/C17H20FNO2/c1-3-10-21-17-11-13(8-9-16(17)20-2)12-19-15-7-5-4-6-14(15)18/h4-9,11,19H,3,10,12H2,1-2H3. The average Bonchev–Trinajstić information content (AvgIpc) is 2.52. The SMILES string of the molecule is CCCOc1cc(CNc2ccccc2F)ccc1OC. The molecule has 4 heteroatoms. The first-order valence-electron chi connectivity index (χ1n) is 7.02. The maximum atomic E-state index is 13.5. The Morgan fingerprint density at radius 2 is 1.90 bits per heavy atom. The number of rotatable bonds is 7. The van der Waals surface area contributed by atoms with Crippen LogP contribution in [0, 0.1) is 5.82 Å². The van der Waals surface area contributed by atoms with Crippen molar-refractivity contribution in [2.24, 2.45) is 0 Å². The van der Waals surface area contributed by atoms with E-state index < -0.39 is 0 Å². The smallest absolute Gasteiger partial charge is 0.161 e.